The molecule has 0 unspecified atom stereocenters. The van der Waals surface area contributed by atoms with E-state index in [9.17, 15) is 19.8 Å². The Morgan fingerprint density at radius 3 is 2.53 bits per heavy atom. The molecule has 7 heteroatoms. The minimum absolute atomic E-state index is 0.0493. The molecule has 2 N–H and O–H groups in total. The van der Waals surface area contributed by atoms with Crippen molar-refractivity contribution in [3.63, 3.8) is 0 Å². The van der Waals surface area contributed by atoms with Crippen molar-refractivity contribution in [2.24, 2.45) is 16.7 Å². The highest BCUT2D eigenvalue weighted by Crippen LogP contribution is 2.80. The molecule has 0 radical (unpaired) electrons. The molecule has 0 spiro atoms. The lowest BCUT2D eigenvalue weighted by atomic mass is 9.47. The van der Waals surface area contributed by atoms with Gasteiger partial charge in [-0.05, 0) is 73.6 Å². The van der Waals surface area contributed by atoms with E-state index in [4.69, 9.17) is 14.2 Å². The number of hydrogen-bond donors (Lipinski definition) is 2. The minimum Gasteiger partial charge on any atom is -0.497 e. The van der Waals surface area contributed by atoms with Gasteiger partial charge in [-0.25, -0.2) is 4.79 Å². The molecule has 7 nitrogen and oxygen atoms in total. The molecule has 3 fully saturated rings. The van der Waals surface area contributed by atoms with Crippen LogP contribution >= 0.6 is 0 Å². The van der Waals surface area contributed by atoms with Gasteiger partial charge in [-0.15, -0.1) is 0 Å². The molecule has 32 heavy (non-hydrogen) atoms. The van der Waals surface area contributed by atoms with Gasteiger partial charge in [0, 0.05) is 17.8 Å². The zero-order valence-corrected chi connectivity index (χ0v) is 19.1. The van der Waals surface area contributed by atoms with E-state index in [2.05, 4.69) is 12.1 Å². The third-order valence-corrected chi connectivity index (χ3v) is 9.70. The van der Waals surface area contributed by atoms with Crippen LogP contribution in [0.1, 0.15) is 63.0 Å². The molecule has 4 aliphatic carbocycles. The highest BCUT2D eigenvalue weighted by molar-refractivity contribution is 5.85. The number of esters is 2. The quantitative estimate of drug-likeness (QED) is 0.691. The highest BCUT2D eigenvalue weighted by atomic mass is 16.6. The second-order valence-electron chi connectivity index (χ2n) is 10.3. The lowest BCUT2D eigenvalue weighted by molar-refractivity contribution is -0.234. The smallest absolute Gasteiger partial charge is 0.344 e. The first kappa shape index (κ1) is 21.7. The van der Waals surface area contributed by atoms with Crippen molar-refractivity contribution in [3.05, 3.63) is 29.3 Å². The maximum atomic E-state index is 13.0. The molecular weight excluding hydrogens is 412 g/mol. The summed E-state index contributed by atoms with van der Waals surface area (Å²) in [6.07, 6.45) is 2.64. The van der Waals surface area contributed by atoms with Crippen LogP contribution in [0.4, 0.5) is 0 Å². The minimum atomic E-state index is -2.30. The summed E-state index contributed by atoms with van der Waals surface area (Å²) in [6.45, 7) is 3.28. The van der Waals surface area contributed by atoms with Gasteiger partial charge < -0.3 is 24.4 Å². The van der Waals surface area contributed by atoms with Crippen LogP contribution in [0.5, 0.6) is 5.75 Å². The van der Waals surface area contributed by atoms with E-state index in [1.54, 1.807) is 7.11 Å². The lowest BCUT2D eigenvalue weighted by Gasteiger charge is -2.57. The maximum Gasteiger partial charge on any atom is 0.344 e. The molecule has 5 rings (SSSR count). The Kier molecular flexibility index (Phi) is 4.55. The number of aliphatic hydroxyl groups excluding tert-OH is 1. The summed E-state index contributed by atoms with van der Waals surface area (Å²) < 4.78 is 16.3. The normalized spacial score (nSPS) is 43.6. The number of aliphatic hydroxyl groups is 2. The van der Waals surface area contributed by atoms with Crippen LogP contribution in [-0.4, -0.2) is 53.7 Å². The van der Waals surface area contributed by atoms with Gasteiger partial charge in [-0.2, -0.15) is 0 Å². The van der Waals surface area contributed by atoms with Crippen molar-refractivity contribution in [1.82, 2.24) is 0 Å². The number of benzene rings is 1. The van der Waals surface area contributed by atoms with E-state index in [1.807, 2.05) is 13.0 Å². The fourth-order valence-electron chi connectivity index (χ4n) is 8.54. The number of carbonyl (C=O) groups is 2. The molecule has 1 aromatic carbocycles. The summed E-state index contributed by atoms with van der Waals surface area (Å²) in [5.41, 5.74) is -2.81. The molecule has 3 saturated carbocycles. The van der Waals surface area contributed by atoms with Gasteiger partial charge >= 0.3 is 11.9 Å². The summed E-state index contributed by atoms with van der Waals surface area (Å²) in [5, 5.41) is 23.6. The van der Waals surface area contributed by atoms with Crippen LogP contribution in [0.2, 0.25) is 0 Å². The molecule has 0 saturated heterocycles. The van der Waals surface area contributed by atoms with Crippen molar-refractivity contribution in [2.45, 2.75) is 75.6 Å². The van der Waals surface area contributed by atoms with Gasteiger partial charge in [0.2, 0.25) is 5.60 Å². The van der Waals surface area contributed by atoms with E-state index < -0.39 is 40.1 Å². The van der Waals surface area contributed by atoms with Crippen molar-refractivity contribution >= 4 is 11.9 Å². The number of fused-ring (bicyclic) bond motifs is 3. The Labute approximate surface area is 188 Å². The van der Waals surface area contributed by atoms with Crippen LogP contribution in [0.15, 0.2) is 18.2 Å². The molecule has 0 amide bonds. The number of hydrogen-bond acceptors (Lipinski definition) is 7. The van der Waals surface area contributed by atoms with Crippen LogP contribution in [0, 0.1) is 16.7 Å². The molecule has 7 atom stereocenters. The van der Waals surface area contributed by atoms with Crippen molar-refractivity contribution in [2.75, 3.05) is 14.2 Å². The Bertz CT molecular complexity index is 991. The van der Waals surface area contributed by atoms with Gasteiger partial charge in [-0.1, -0.05) is 13.0 Å². The van der Waals surface area contributed by atoms with Crippen molar-refractivity contribution in [3.8, 4) is 5.75 Å². The third-order valence-electron chi connectivity index (χ3n) is 9.70. The van der Waals surface area contributed by atoms with Crippen molar-refractivity contribution < 1.29 is 34.0 Å². The molecule has 2 bridgehead atoms. The van der Waals surface area contributed by atoms with Crippen LogP contribution < -0.4 is 4.74 Å². The summed E-state index contributed by atoms with van der Waals surface area (Å²) in [6, 6.07) is 6.18. The average Bonchev–Trinajstić information content (AvgIpc) is 3.11. The molecule has 174 valence electrons. The molecular formula is C25H32O7. The summed E-state index contributed by atoms with van der Waals surface area (Å²) >= 11 is 0. The van der Waals surface area contributed by atoms with E-state index in [-0.39, 0.29) is 11.8 Å². The fourth-order valence-corrected chi connectivity index (χ4v) is 8.54. The predicted octanol–water partition coefficient (Wildman–Crippen LogP) is 2.50. The topological polar surface area (TPSA) is 102 Å². The van der Waals surface area contributed by atoms with E-state index in [1.165, 1.54) is 25.2 Å². The first-order chi connectivity index (χ1) is 15.1. The van der Waals surface area contributed by atoms with E-state index >= 15 is 0 Å². The van der Waals surface area contributed by atoms with Gasteiger partial charge in [0.15, 0.2) is 5.60 Å². The van der Waals surface area contributed by atoms with Gasteiger partial charge in [0.05, 0.1) is 14.2 Å². The third kappa shape index (κ3) is 2.15. The standard InChI is InChI=1S/C25H32O7/c1-14(26)32-24-12-11-23(20(27)25(24,29)21(28)31-4)19-8-5-15-13-16(30-3)6-7-17(15)18(19)9-10-22(23,24)2/h6-7,13,18-20,27,29H,5,8-12H2,1-4H3/t18-,19-,20-,22+,23-,24-,25+/m1/s1. The van der Waals surface area contributed by atoms with Crippen LogP contribution in [0.25, 0.3) is 0 Å². The zero-order chi connectivity index (χ0) is 23.1. The molecule has 4 aliphatic rings. The summed E-state index contributed by atoms with van der Waals surface area (Å²) in [7, 11) is 2.85. The number of ether oxygens (including phenoxy) is 3. The first-order valence-electron chi connectivity index (χ1n) is 11.5. The van der Waals surface area contributed by atoms with Gasteiger partial charge in [0.25, 0.3) is 0 Å². The summed E-state index contributed by atoms with van der Waals surface area (Å²) in [4.78, 5) is 25.2. The number of methoxy groups -OCH3 is 2. The van der Waals surface area contributed by atoms with Gasteiger partial charge in [-0.3, -0.25) is 4.79 Å². The Morgan fingerprint density at radius 1 is 1.12 bits per heavy atom. The Hall–Kier alpha value is -2.12. The predicted molar refractivity (Wildman–Crippen MR) is 114 cm³/mol. The number of carbonyl (C=O) groups excluding carboxylic acids is 2. The fraction of sp³-hybridized carbons (Fsp3) is 0.680. The van der Waals surface area contributed by atoms with E-state index in [0.29, 0.717) is 19.3 Å². The van der Waals surface area contributed by atoms with Gasteiger partial charge in [0.1, 0.15) is 11.9 Å². The Morgan fingerprint density at radius 2 is 1.88 bits per heavy atom. The van der Waals surface area contributed by atoms with Crippen LogP contribution in [0.3, 0.4) is 0 Å². The largest absolute Gasteiger partial charge is 0.497 e. The lowest BCUT2D eigenvalue weighted by Crippen LogP contribution is -2.67. The molecule has 0 aliphatic heterocycles. The summed E-state index contributed by atoms with van der Waals surface area (Å²) in [5.74, 6) is -0.425. The highest BCUT2D eigenvalue weighted by Gasteiger charge is 2.90. The molecule has 1 aromatic rings. The second kappa shape index (κ2) is 6.70. The number of aryl methyl sites for hydroxylation is 1. The van der Waals surface area contributed by atoms with Crippen molar-refractivity contribution in [1.29, 1.82) is 0 Å². The molecule has 0 aromatic heterocycles. The maximum absolute atomic E-state index is 13.0. The van der Waals surface area contributed by atoms with Crippen LogP contribution in [-0.2, 0) is 25.5 Å². The Balaban J connectivity index is 1.68. The number of rotatable bonds is 3. The monoisotopic (exact) mass is 444 g/mol. The van der Waals surface area contributed by atoms with E-state index in [0.717, 1.165) is 25.0 Å². The average molecular weight is 445 g/mol. The second-order valence-corrected chi connectivity index (χ2v) is 10.3. The zero-order valence-electron chi connectivity index (χ0n) is 19.1. The molecule has 0 heterocycles. The first-order valence-corrected chi connectivity index (χ1v) is 11.5. The SMILES string of the molecule is COC(=O)[C@@]1(O)[C@H](O)[C@]23CC[C@@]1(OC(C)=O)[C@@]2(C)CC[C@@H]1c2ccc(OC)cc2CC[C@H]13.